The number of ether oxygens (including phenoxy) is 2. The molecule has 0 unspecified atom stereocenters. The van der Waals surface area contributed by atoms with Crippen molar-refractivity contribution in [1.82, 2.24) is 10.2 Å². The SMILES string of the molecule is CCCCCCCCCCCCCCNC(=O)CC[C@@H](C)[C@H]1CC[C@H]2[C@@H]3[C@H](O)[C@H](CC)[C@@H]4C[C@H](OC(=O)CCCN(C)CCCOC(=O)CCCCC)CC[C@]4(C)[C@H]3CC[C@]12C. The maximum Gasteiger partial charge on any atom is 0.306 e. The lowest BCUT2D eigenvalue weighted by molar-refractivity contribution is -0.207. The van der Waals surface area contributed by atoms with Crippen molar-refractivity contribution in [2.24, 2.45) is 52.3 Å². The van der Waals surface area contributed by atoms with Crippen LogP contribution in [0.4, 0.5) is 0 Å². The van der Waals surface area contributed by atoms with Crippen molar-refractivity contribution in [1.29, 1.82) is 0 Å². The molecule has 11 atom stereocenters. The van der Waals surface area contributed by atoms with Crippen molar-refractivity contribution in [3.05, 3.63) is 0 Å². The van der Waals surface area contributed by atoms with Gasteiger partial charge in [-0.15, -0.1) is 0 Å². The third-order valence-corrected chi connectivity index (χ3v) is 17.5. The third kappa shape index (κ3) is 15.5. The summed E-state index contributed by atoms with van der Waals surface area (Å²) >= 11 is 0. The van der Waals surface area contributed by atoms with Crippen LogP contribution in [0, 0.1) is 52.3 Å². The standard InChI is InChI=1S/C54H98N2O6/c1-8-11-13-14-15-16-17-18-19-20-21-23-36-55-48(57)31-28-41(4)44-29-30-45-51-46(33-35-53(44,45)5)54(6)34-32-42(40-47(54)43(10-3)52(51)60)62-50(59)27-24-37-56(7)38-25-39-61-49(58)26-22-12-9-2/h41-47,51-52,60H,8-40H2,1-7H3,(H,55,57)/t41-,42-,43-,44-,45+,46+,47+,51+,52-,53-,54-/m1/s1. The van der Waals surface area contributed by atoms with Crippen molar-refractivity contribution in [3.8, 4) is 0 Å². The largest absolute Gasteiger partial charge is 0.466 e. The fraction of sp³-hybridized carbons (Fsp3) is 0.944. The van der Waals surface area contributed by atoms with E-state index >= 15 is 0 Å². The number of carbonyl (C=O) groups is 3. The smallest absolute Gasteiger partial charge is 0.306 e. The molecule has 8 nitrogen and oxygen atoms in total. The van der Waals surface area contributed by atoms with E-state index in [4.69, 9.17) is 9.47 Å². The molecule has 360 valence electrons. The summed E-state index contributed by atoms with van der Waals surface area (Å²) < 4.78 is 11.6. The second-order valence-corrected chi connectivity index (χ2v) is 21.8. The van der Waals surface area contributed by atoms with Crippen molar-refractivity contribution >= 4 is 17.8 Å². The second kappa shape index (κ2) is 27.7. The first-order valence-corrected chi connectivity index (χ1v) is 26.9. The first-order chi connectivity index (χ1) is 29.9. The number of fused-ring (bicyclic) bond motifs is 5. The van der Waals surface area contributed by atoms with E-state index in [0.29, 0.717) is 61.4 Å². The number of unbranched alkanes of at least 4 members (excludes halogenated alkanes) is 13. The van der Waals surface area contributed by atoms with Gasteiger partial charge in [-0.1, -0.05) is 131 Å². The first kappa shape index (κ1) is 52.9. The van der Waals surface area contributed by atoms with Crippen LogP contribution >= 0.6 is 0 Å². The van der Waals surface area contributed by atoms with E-state index in [1.165, 1.54) is 96.3 Å². The van der Waals surface area contributed by atoms with Crippen molar-refractivity contribution in [3.63, 3.8) is 0 Å². The van der Waals surface area contributed by atoms with Gasteiger partial charge in [0.15, 0.2) is 0 Å². The van der Waals surface area contributed by atoms with E-state index in [-0.39, 0.29) is 46.8 Å². The van der Waals surface area contributed by atoms with E-state index in [0.717, 1.165) is 90.3 Å². The number of amides is 1. The van der Waals surface area contributed by atoms with Gasteiger partial charge in [0.25, 0.3) is 0 Å². The Labute approximate surface area is 381 Å². The highest BCUT2D eigenvalue weighted by molar-refractivity contribution is 5.75. The molecule has 0 bridgehead atoms. The van der Waals surface area contributed by atoms with Crippen LogP contribution in [0.1, 0.15) is 228 Å². The Morgan fingerprint density at radius 3 is 1.97 bits per heavy atom. The number of carbonyl (C=O) groups excluding carboxylic acids is 3. The number of hydrogen-bond donors (Lipinski definition) is 2. The van der Waals surface area contributed by atoms with Crippen LogP contribution in [0.25, 0.3) is 0 Å². The van der Waals surface area contributed by atoms with Crippen molar-refractivity contribution in [2.45, 2.75) is 240 Å². The van der Waals surface area contributed by atoms with Gasteiger partial charge in [0.1, 0.15) is 6.10 Å². The van der Waals surface area contributed by atoms with E-state index in [1.54, 1.807) is 0 Å². The summed E-state index contributed by atoms with van der Waals surface area (Å²) in [4.78, 5) is 40.1. The summed E-state index contributed by atoms with van der Waals surface area (Å²) in [7, 11) is 2.06. The van der Waals surface area contributed by atoms with Gasteiger partial charge >= 0.3 is 11.9 Å². The van der Waals surface area contributed by atoms with Crippen LogP contribution in [-0.2, 0) is 23.9 Å². The third-order valence-electron chi connectivity index (χ3n) is 17.5. The summed E-state index contributed by atoms with van der Waals surface area (Å²) in [5, 5.41) is 15.6. The van der Waals surface area contributed by atoms with Gasteiger partial charge in [-0.3, -0.25) is 14.4 Å². The quantitative estimate of drug-likeness (QED) is 0.0528. The van der Waals surface area contributed by atoms with Gasteiger partial charge in [-0.2, -0.15) is 0 Å². The molecular weight excluding hydrogens is 773 g/mol. The average molecular weight is 871 g/mol. The highest BCUT2D eigenvalue weighted by Crippen LogP contribution is 2.69. The molecule has 4 saturated carbocycles. The zero-order valence-corrected chi connectivity index (χ0v) is 41.5. The Morgan fingerprint density at radius 1 is 0.694 bits per heavy atom. The van der Waals surface area contributed by atoms with Crippen LogP contribution in [0.5, 0.6) is 0 Å². The monoisotopic (exact) mass is 871 g/mol. The molecule has 4 rings (SSSR count). The first-order valence-electron chi connectivity index (χ1n) is 26.9. The van der Waals surface area contributed by atoms with Gasteiger partial charge < -0.3 is 24.8 Å². The lowest BCUT2D eigenvalue weighted by atomic mass is 9.41. The molecule has 2 N–H and O–H groups in total. The van der Waals surface area contributed by atoms with Gasteiger partial charge in [-0.05, 0) is 143 Å². The van der Waals surface area contributed by atoms with Crippen LogP contribution in [0.15, 0.2) is 0 Å². The summed E-state index contributed by atoms with van der Waals surface area (Å²) in [6, 6.07) is 0. The van der Waals surface area contributed by atoms with Crippen molar-refractivity contribution < 1.29 is 29.0 Å². The van der Waals surface area contributed by atoms with E-state index in [1.807, 2.05) is 0 Å². The fourth-order valence-electron chi connectivity index (χ4n) is 13.8. The number of nitrogens with one attached hydrogen (secondary N) is 1. The molecule has 4 aliphatic carbocycles. The Hall–Kier alpha value is -1.67. The average Bonchev–Trinajstić information content (AvgIpc) is 3.61. The molecular formula is C54H98N2O6. The molecule has 62 heavy (non-hydrogen) atoms. The van der Waals surface area contributed by atoms with Crippen molar-refractivity contribution in [2.75, 3.05) is 33.3 Å². The topological polar surface area (TPSA) is 105 Å². The van der Waals surface area contributed by atoms with E-state index in [2.05, 4.69) is 58.8 Å². The number of hydrogen-bond acceptors (Lipinski definition) is 7. The minimum absolute atomic E-state index is 0.0598. The maximum atomic E-state index is 13.1. The van der Waals surface area contributed by atoms with Gasteiger partial charge in [0, 0.05) is 32.4 Å². The summed E-state index contributed by atoms with van der Waals surface area (Å²) in [6.07, 6.45) is 31.5. The summed E-state index contributed by atoms with van der Waals surface area (Å²) in [5.41, 5.74) is 0.382. The maximum absolute atomic E-state index is 13.1. The van der Waals surface area contributed by atoms with Crippen LogP contribution < -0.4 is 5.32 Å². The molecule has 8 heteroatoms. The molecule has 0 radical (unpaired) electrons. The highest BCUT2D eigenvalue weighted by Gasteiger charge is 2.65. The normalized spacial score (nSPS) is 30.9. The predicted octanol–water partition coefficient (Wildman–Crippen LogP) is 12.6. The Kier molecular flexibility index (Phi) is 23.7. The van der Waals surface area contributed by atoms with E-state index < -0.39 is 0 Å². The minimum Gasteiger partial charge on any atom is -0.466 e. The molecule has 0 heterocycles. The second-order valence-electron chi connectivity index (χ2n) is 21.8. The number of aliphatic hydroxyl groups is 1. The fourth-order valence-corrected chi connectivity index (χ4v) is 13.8. The number of esters is 2. The van der Waals surface area contributed by atoms with Crippen LogP contribution in [-0.4, -0.2) is 73.3 Å². The Bertz CT molecular complexity index is 1290. The molecule has 0 spiro atoms. The molecule has 4 aliphatic rings. The zero-order valence-electron chi connectivity index (χ0n) is 41.5. The predicted molar refractivity (Wildman–Crippen MR) is 255 cm³/mol. The van der Waals surface area contributed by atoms with Crippen LogP contribution in [0.2, 0.25) is 0 Å². The molecule has 0 aromatic carbocycles. The molecule has 0 aromatic rings. The number of nitrogens with zero attached hydrogens (tertiary/aromatic N) is 1. The van der Waals surface area contributed by atoms with E-state index in [9.17, 15) is 19.5 Å². The highest BCUT2D eigenvalue weighted by atomic mass is 16.5. The lowest BCUT2D eigenvalue weighted by Gasteiger charge is -2.65. The number of rotatable bonds is 31. The summed E-state index contributed by atoms with van der Waals surface area (Å²) in [6.45, 7) is 17.1. The summed E-state index contributed by atoms with van der Waals surface area (Å²) in [5.74, 6) is 3.15. The minimum atomic E-state index is -0.303. The van der Waals surface area contributed by atoms with Crippen LogP contribution in [0.3, 0.4) is 0 Å². The Balaban J connectivity index is 1.16. The van der Waals surface area contributed by atoms with Gasteiger partial charge in [0.2, 0.25) is 5.91 Å². The molecule has 4 fully saturated rings. The molecule has 1 amide bonds. The lowest BCUT2D eigenvalue weighted by Crippen LogP contribution is -2.62. The van der Waals surface area contributed by atoms with Gasteiger partial charge in [0.05, 0.1) is 12.7 Å². The molecule has 0 saturated heterocycles. The van der Waals surface area contributed by atoms with Gasteiger partial charge in [-0.25, -0.2) is 0 Å². The molecule has 0 aromatic heterocycles. The zero-order chi connectivity index (χ0) is 45.0. The Morgan fingerprint density at radius 2 is 1.29 bits per heavy atom. The molecule has 0 aliphatic heterocycles. The number of aliphatic hydroxyl groups excluding tert-OH is 1.